The average Bonchev–Trinajstić information content (AvgIpc) is 2.54. The lowest BCUT2D eigenvalue weighted by Crippen LogP contribution is -2.49. The van der Waals surface area contributed by atoms with Gasteiger partial charge in [0.05, 0.1) is 6.04 Å². The zero-order valence-corrected chi connectivity index (χ0v) is 13.6. The van der Waals surface area contributed by atoms with E-state index in [1.54, 1.807) is 12.4 Å². The Hall–Kier alpha value is -2.20. The molecular weight excluding hydrogens is 286 g/mol. The Morgan fingerprint density at radius 2 is 1.70 bits per heavy atom. The summed E-state index contributed by atoms with van der Waals surface area (Å²) in [5.74, 6) is 0.674. The van der Waals surface area contributed by atoms with Crippen molar-refractivity contribution in [2.45, 2.75) is 19.9 Å². The number of amides is 1. The fourth-order valence-corrected chi connectivity index (χ4v) is 2.82. The third-order valence-corrected chi connectivity index (χ3v) is 4.72. The third-order valence-electron chi connectivity index (χ3n) is 4.72. The molecule has 1 amide bonds. The van der Waals surface area contributed by atoms with Crippen LogP contribution in [0.5, 0.6) is 0 Å². The first-order valence-electron chi connectivity index (χ1n) is 8.16. The number of pyridine rings is 1. The van der Waals surface area contributed by atoms with Crippen LogP contribution in [0, 0.1) is 11.8 Å². The molecule has 0 saturated carbocycles. The van der Waals surface area contributed by atoms with Gasteiger partial charge in [-0.15, -0.1) is 0 Å². The topological polar surface area (TPSA) is 54.0 Å². The van der Waals surface area contributed by atoms with Crippen molar-refractivity contribution >= 4 is 5.91 Å². The van der Waals surface area contributed by atoms with E-state index in [2.05, 4.69) is 39.9 Å². The standard InChI is InChI=1S/C19H23N3O/c1-13(18-11-21-12-18)19(23)22-14(2)15-3-5-16(6-4-15)17-7-9-20-10-8-17/h3-10,13-14,18,21H,11-12H2,1-2H3,(H,22,23). The number of benzene rings is 1. The van der Waals surface area contributed by atoms with E-state index in [0.717, 1.165) is 29.8 Å². The zero-order chi connectivity index (χ0) is 16.2. The van der Waals surface area contributed by atoms with Crippen molar-refractivity contribution in [3.8, 4) is 11.1 Å². The molecule has 2 N–H and O–H groups in total. The molecular formula is C19H23N3O. The third kappa shape index (κ3) is 3.59. The fraction of sp³-hybridized carbons (Fsp3) is 0.368. The van der Waals surface area contributed by atoms with Gasteiger partial charge in [0, 0.05) is 18.3 Å². The van der Waals surface area contributed by atoms with Crippen LogP contribution >= 0.6 is 0 Å². The molecule has 2 atom stereocenters. The highest BCUT2D eigenvalue weighted by atomic mass is 16.1. The van der Waals surface area contributed by atoms with Crippen molar-refractivity contribution in [2.75, 3.05) is 13.1 Å². The molecule has 1 aromatic carbocycles. The number of carbonyl (C=O) groups is 1. The highest BCUT2D eigenvalue weighted by Crippen LogP contribution is 2.22. The van der Waals surface area contributed by atoms with E-state index in [0.29, 0.717) is 5.92 Å². The van der Waals surface area contributed by atoms with Crippen LogP contribution in [0.15, 0.2) is 48.8 Å². The largest absolute Gasteiger partial charge is 0.349 e. The number of nitrogens with one attached hydrogen (secondary N) is 2. The van der Waals surface area contributed by atoms with Crippen LogP contribution in [0.1, 0.15) is 25.5 Å². The molecule has 1 aliphatic rings. The molecule has 3 rings (SSSR count). The molecule has 0 bridgehead atoms. The molecule has 0 spiro atoms. The predicted molar refractivity (Wildman–Crippen MR) is 91.8 cm³/mol. The molecule has 2 heterocycles. The van der Waals surface area contributed by atoms with Crippen molar-refractivity contribution in [1.29, 1.82) is 0 Å². The average molecular weight is 309 g/mol. The van der Waals surface area contributed by atoms with E-state index in [9.17, 15) is 4.79 Å². The molecule has 4 heteroatoms. The summed E-state index contributed by atoms with van der Waals surface area (Å²) >= 11 is 0. The van der Waals surface area contributed by atoms with E-state index >= 15 is 0 Å². The maximum absolute atomic E-state index is 12.3. The van der Waals surface area contributed by atoms with Crippen LogP contribution in [-0.2, 0) is 4.79 Å². The monoisotopic (exact) mass is 309 g/mol. The molecule has 1 aromatic heterocycles. The molecule has 2 unspecified atom stereocenters. The first kappa shape index (κ1) is 15.7. The molecule has 4 nitrogen and oxygen atoms in total. The number of carbonyl (C=O) groups excluding carboxylic acids is 1. The van der Waals surface area contributed by atoms with Gasteiger partial charge in [-0.05, 0) is 54.8 Å². The zero-order valence-electron chi connectivity index (χ0n) is 13.6. The maximum Gasteiger partial charge on any atom is 0.223 e. The van der Waals surface area contributed by atoms with Crippen LogP contribution in [0.4, 0.5) is 0 Å². The molecule has 0 radical (unpaired) electrons. The quantitative estimate of drug-likeness (QED) is 0.893. The Morgan fingerprint density at radius 3 is 2.26 bits per heavy atom. The van der Waals surface area contributed by atoms with Gasteiger partial charge in [-0.3, -0.25) is 9.78 Å². The van der Waals surface area contributed by atoms with E-state index in [-0.39, 0.29) is 17.9 Å². The lowest BCUT2D eigenvalue weighted by Gasteiger charge is -2.32. The van der Waals surface area contributed by atoms with Gasteiger partial charge in [0.2, 0.25) is 5.91 Å². The molecule has 1 fully saturated rings. The summed E-state index contributed by atoms with van der Waals surface area (Å²) in [7, 11) is 0. The van der Waals surface area contributed by atoms with Crippen LogP contribution < -0.4 is 10.6 Å². The minimum Gasteiger partial charge on any atom is -0.349 e. The highest BCUT2D eigenvalue weighted by Gasteiger charge is 2.29. The Bertz CT molecular complexity index is 650. The number of hydrogen-bond acceptors (Lipinski definition) is 3. The first-order chi connectivity index (χ1) is 11.1. The Labute approximate surface area is 137 Å². The molecule has 1 aliphatic heterocycles. The summed E-state index contributed by atoms with van der Waals surface area (Å²) in [5, 5.41) is 6.35. The van der Waals surface area contributed by atoms with Gasteiger partial charge < -0.3 is 10.6 Å². The number of aromatic nitrogens is 1. The van der Waals surface area contributed by atoms with E-state index in [1.165, 1.54) is 0 Å². The second-order valence-electron chi connectivity index (χ2n) is 6.30. The minimum absolute atomic E-state index is 0.0180. The second-order valence-corrected chi connectivity index (χ2v) is 6.30. The summed E-state index contributed by atoms with van der Waals surface area (Å²) in [6.45, 7) is 5.94. The van der Waals surface area contributed by atoms with Gasteiger partial charge in [0.15, 0.2) is 0 Å². The summed E-state index contributed by atoms with van der Waals surface area (Å²) in [6.07, 6.45) is 3.59. The van der Waals surface area contributed by atoms with E-state index in [4.69, 9.17) is 0 Å². The van der Waals surface area contributed by atoms with Crippen molar-refractivity contribution in [2.24, 2.45) is 11.8 Å². The molecule has 120 valence electrons. The normalized spacial score (nSPS) is 17.1. The number of hydrogen-bond donors (Lipinski definition) is 2. The van der Waals surface area contributed by atoms with Crippen LogP contribution in [0.2, 0.25) is 0 Å². The maximum atomic E-state index is 12.3. The summed E-state index contributed by atoms with van der Waals surface area (Å²) < 4.78 is 0. The SMILES string of the molecule is CC(NC(=O)C(C)C1CNC1)c1ccc(-c2ccncc2)cc1. The first-order valence-corrected chi connectivity index (χ1v) is 8.16. The second kappa shape index (κ2) is 6.92. The highest BCUT2D eigenvalue weighted by molar-refractivity contribution is 5.79. The van der Waals surface area contributed by atoms with Gasteiger partial charge in [-0.2, -0.15) is 0 Å². The van der Waals surface area contributed by atoms with Crippen molar-refractivity contribution in [3.05, 3.63) is 54.4 Å². The van der Waals surface area contributed by atoms with Gasteiger partial charge in [0.1, 0.15) is 0 Å². The van der Waals surface area contributed by atoms with Gasteiger partial charge >= 0.3 is 0 Å². The molecule has 23 heavy (non-hydrogen) atoms. The van der Waals surface area contributed by atoms with Crippen LogP contribution in [0.25, 0.3) is 11.1 Å². The lowest BCUT2D eigenvalue weighted by atomic mass is 9.88. The number of rotatable bonds is 5. The fourth-order valence-electron chi connectivity index (χ4n) is 2.82. The van der Waals surface area contributed by atoms with Crippen LogP contribution in [-0.4, -0.2) is 24.0 Å². The van der Waals surface area contributed by atoms with Gasteiger partial charge in [0.25, 0.3) is 0 Å². The smallest absolute Gasteiger partial charge is 0.223 e. The van der Waals surface area contributed by atoms with E-state index in [1.807, 2.05) is 26.0 Å². The van der Waals surface area contributed by atoms with Gasteiger partial charge in [-0.25, -0.2) is 0 Å². The number of nitrogens with zero attached hydrogens (tertiary/aromatic N) is 1. The van der Waals surface area contributed by atoms with Crippen molar-refractivity contribution in [1.82, 2.24) is 15.6 Å². The lowest BCUT2D eigenvalue weighted by molar-refractivity contribution is -0.127. The molecule has 2 aromatic rings. The van der Waals surface area contributed by atoms with Crippen molar-refractivity contribution in [3.63, 3.8) is 0 Å². The van der Waals surface area contributed by atoms with Crippen LogP contribution in [0.3, 0.4) is 0 Å². The van der Waals surface area contributed by atoms with E-state index < -0.39 is 0 Å². The summed E-state index contributed by atoms with van der Waals surface area (Å²) in [6, 6.07) is 12.3. The Balaban J connectivity index is 1.63. The summed E-state index contributed by atoms with van der Waals surface area (Å²) in [4.78, 5) is 16.3. The minimum atomic E-state index is 0.0180. The molecule has 0 aliphatic carbocycles. The van der Waals surface area contributed by atoms with Gasteiger partial charge in [-0.1, -0.05) is 31.2 Å². The summed E-state index contributed by atoms with van der Waals surface area (Å²) in [5.41, 5.74) is 3.42. The predicted octanol–water partition coefficient (Wildman–Crippen LogP) is 2.78. The molecule has 1 saturated heterocycles. The Kier molecular flexibility index (Phi) is 4.72. The Morgan fingerprint density at radius 1 is 1.09 bits per heavy atom. The van der Waals surface area contributed by atoms with Crippen molar-refractivity contribution < 1.29 is 4.79 Å².